The monoisotopic (exact) mass is 222 g/mol. The van der Waals surface area contributed by atoms with Crippen molar-refractivity contribution in [3.63, 3.8) is 0 Å². The molecule has 0 saturated carbocycles. The zero-order valence-corrected chi connectivity index (χ0v) is 10.7. The highest BCUT2D eigenvalue weighted by Crippen LogP contribution is 2.09. The molecule has 0 unspecified atom stereocenters. The van der Waals surface area contributed by atoms with E-state index in [0.29, 0.717) is 0 Å². The van der Waals surface area contributed by atoms with E-state index in [0.717, 1.165) is 19.1 Å². The summed E-state index contributed by atoms with van der Waals surface area (Å²) < 4.78 is 0. The molecule has 1 nitrogen and oxygen atoms in total. The first-order valence-corrected chi connectivity index (χ1v) is 6.67. The molecule has 0 aromatic carbocycles. The van der Waals surface area contributed by atoms with Gasteiger partial charge in [0.2, 0.25) is 0 Å². The van der Waals surface area contributed by atoms with Crippen LogP contribution in [-0.4, -0.2) is 6.29 Å². The van der Waals surface area contributed by atoms with Gasteiger partial charge in [0.1, 0.15) is 6.29 Å². The van der Waals surface area contributed by atoms with E-state index in [-0.39, 0.29) is 0 Å². The van der Waals surface area contributed by atoms with Crippen molar-refractivity contribution in [1.82, 2.24) is 0 Å². The van der Waals surface area contributed by atoms with E-state index in [2.05, 4.69) is 19.1 Å². The fourth-order valence-electron chi connectivity index (χ4n) is 1.67. The Balaban J connectivity index is 3.01. The average molecular weight is 222 g/mol. The zero-order chi connectivity index (χ0) is 11.9. The lowest BCUT2D eigenvalue weighted by atomic mass is 10.1. The summed E-state index contributed by atoms with van der Waals surface area (Å²) in [7, 11) is 0. The molecule has 92 valence electrons. The standard InChI is InChI=1S/C15H26O/c1-2-3-4-5-6-7-8-9-10-11-12-13-14-15-16/h3-4,13-15H,2,5-12H2,1H3. The van der Waals surface area contributed by atoms with Crippen LogP contribution in [-0.2, 0) is 4.79 Å². The normalized spacial score (nSPS) is 11.6. The number of aldehydes is 1. The lowest BCUT2D eigenvalue weighted by molar-refractivity contribution is -0.104. The molecule has 0 bridgehead atoms. The Morgan fingerprint density at radius 3 is 1.88 bits per heavy atom. The van der Waals surface area contributed by atoms with Crippen LogP contribution in [0, 0.1) is 0 Å². The van der Waals surface area contributed by atoms with E-state index in [1.807, 2.05) is 6.08 Å². The number of unbranched alkanes of at least 4 members (excludes halogenated alkanes) is 7. The molecule has 0 amide bonds. The number of carbonyl (C=O) groups is 1. The first-order chi connectivity index (χ1) is 7.91. The van der Waals surface area contributed by atoms with Crippen LogP contribution in [0.25, 0.3) is 0 Å². The predicted octanol–water partition coefficient (Wildman–Crippen LogP) is 4.83. The number of hydrogen-bond donors (Lipinski definition) is 0. The minimum absolute atomic E-state index is 0.851. The summed E-state index contributed by atoms with van der Waals surface area (Å²) in [6.45, 7) is 2.18. The van der Waals surface area contributed by atoms with Gasteiger partial charge in [0.05, 0.1) is 0 Å². The summed E-state index contributed by atoms with van der Waals surface area (Å²) in [4.78, 5) is 9.99. The Morgan fingerprint density at radius 1 is 0.750 bits per heavy atom. The van der Waals surface area contributed by atoms with Crippen molar-refractivity contribution in [1.29, 1.82) is 0 Å². The summed E-state index contributed by atoms with van der Waals surface area (Å²) in [5.74, 6) is 0. The average Bonchev–Trinajstić information content (AvgIpc) is 2.31. The lowest BCUT2D eigenvalue weighted by Crippen LogP contribution is -1.79. The van der Waals surface area contributed by atoms with Crippen molar-refractivity contribution in [2.24, 2.45) is 0 Å². The van der Waals surface area contributed by atoms with Gasteiger partial charge < -0.3 is 0 Å². The number of carbonyl (C=O) groups excluding carboxylic acids is 1. The van der Waals surface area contributed by atoms with Gasteiger partial charge in [-0.05, 0) is 38.2 Å². The zero-order valence-electron chi connectivity index (χ0n) is 10.7. The molecular formula is C15H26O. The van der Waals surface area contributed by atoms with E-state index in [4.69, 9.17) is 0 Å². The Kier molecular flexibility index (Phi) is 13.4. The highest BCUT2D eigenvalue weighted by molar-refractivity contribution is 5.64. The second kappa shape index (κ2) is 14.2. The molecule has 0 aromatic rings. The van der Waals surface area contributed by atoms with Crippen LogP contribution in [0.5, 0.6) is 0 Å². The molecule has 1 heteroatoms. The van der Waals surface area contributed by atoms with E-state index < -0.39 is 0 Å². The van der Waals surface area contributed by atoms with Crippen molar-refractivity contribution >= 4 is 6.29 Å². The Morgan fingerprint density at radius 2 is 1.31 bits per heavy atom. The quantitative estimate of drug-likeness (QED) is 0.212. The first kappa shape index (κ1) is 15.2. The molecule has 0 fully saturated rings. The molecule has 0 N–H and O–H groups in total. The molecule has 0 aliphatic heterocycles. The van der Waals surface area contributed by atoms with Crippen molar-refractivity contribution in [2.75, 3.05) is 0 Å². The molecule has 0 aliphatic carbocycles. The van der Waals surface area contributed by atoms with Gasteiger partial charge in [-0.3, -0.25) is 4.79 Å². The van der Waals surface area contributed by atoms with Gasteiger partial charge in [-0.1, -0.05) is 50.8 Å². The Labute approximate surface area is 101 Å². The highest BCUT2D eigenvalue weighted by atomic mass is 16.1. The molecule has 0 radical (unpaired) electrons. The highest BCUT2D eigenvalue weighted by Gasteiger charge is 1.89. The van der Waals surface area contributed by atoms with Crippen LogP contribution in [0.1, 0.15) is 64.7 Å². The van der Waals surface area contributed by atoms with Crippen molar-refractivity contribution in [3.05, 3.63) is 24.3 Å². The molecule has 0 aliphatic rings. The van der Waals surface area contributed by atoms with Gasteiger partial charge in [0, 0.05) is 0 Å². The van der Waals surface area contributed by atoms with E-state index in [9.17, 15) is 4.79 Å². The topological polar surface area (TPSA) is 17.1 Å². The van der Waals surface area contributed by atoms with Crippen molar-refractivity contribution < 1.29 is 4.79 Å². The summed E-state index contributed by atoms with van der Waals surface area (Å²) in [5.41, 5.74) is 0. The second-order valence-corrected chi connectivity index (χ2v) is 4.14. The number of hydrogen-bond acceptors (Lipinski definition) is 1. The van der Waals surface area contributed by atoms with Gasteiger partial charge in [-0.15, -0.1) is 0 Å². The van der Waals surface area contributed by atoms with E-state index >= 15 is 0 Å². The molecule has 0 aromatic heterocycles. The second-order valence-electron chi connectivity index (χ2n) is 4.14. The third kappa shape index (κ3) is 13.2. The smallest absolute Gasteiger partial charge is 0.142 e. The van der Waals surface area contributed by atoms with Crippen LogP contribution < -0.4 is 0 Å². The van der Waals surface area contributed by atoms with Gasteiger partial charge in [-0.2, -0.15) is 0 Å². The van der Waals surface area contributed by atoms with Gasteiger partial charge in [-0.25, -0.2) is 0 Å². The maximum atomic E-state index is 9.99. The van der Waals surface area contributed by atoms with E-state index in [1.54, 1.807) is 6.08 Å². The van der Waals surface area contributed by atoms with Gasteiger partial charge in [0.25, 0.3) is 0 Å². The molecule has 0 heterocycles. The molecule has 0 spiro atoms. The summed E-state index contributed by atoms with van der Waals surface area (Å²) in [6.07, 6.45) is 20.3. The fraction of sp³-hybridized carbons (Fsp3) is 0.667. The minimum Gasteiger partial charge on any atom is -0.299 e. The maximum Gasteiger partial charge on any atom is 0.142 e. The van der Waals surface area contributed by atoms with Crippen LogP contribution in [0.2, 0.25) is 0 Å². The maximum absolute atomic E-state index is 9.99. The summed E-state index contributed by atoms with van der Waals surface area (Å²) in [5, 5.41) is 0. The first-order valence-electron chi connectivity index (χ1n) is 6.67. The fourth-order valence-corrected chi connectivity index (χ4v) is 1.67. The number of rotatable bonds is 11. The predicted molar refractivity (Wildman–Crippen MR) is 71.6 cm³/mol. The molecular weight excluding hydrogens is 196 g/mol. The van der Waals surface area contributed by atoms with Gasteiger partial charge in [0.15, 0.2) is 0 Å². The molecule has 0 atom stereocenters. The SMILES string of the molecule is CCC=CCCCCCCCCC=CC=O. The lowest BCUT2D eigenvalue weighted by Gasteiger charge is -1.99. The molecule has 16 heavy (non-hydrogen) atoms. The third-order valence-electron chi connectivity index (χ3n) is 2.61. The van der Waals surface area contributed by atoms with Crippen molar-refractivity contribution in [3.8, 4) is 0 Å². The Hall–Kier alpha value is -0.850. The van der Waals surface area contributed by atoms with E-state index in [1.165, 1.54) is 44.9 Å². The van der Waals surface area contributed by atoms with Crippen LogP contribution in [0.15, 0.2) is 24.3 Å². The minimum atomic E-state index is 0.851. The third-order valence-corrected chi connectivity index (χ3v) is 2.61. The Bertz CT molecular complexity index is 192. The van der Waals surface area contributed by atoms with Crippen LogP contribution >= 0.6 is 0 Å². The summed E-state index contributed by atoms with van der Waals surface area (Å²) >= 11 is 0. The largest absolute Gasteiger partial charge is 0.299 e. The van der Waals surface area contributed by atoms with Crippen LogP contribution in [0.3, 0.4) is 0 Å². The van der Waals surface area contributed by atoms with Crippen LogP contribution in [0.4, 0.5) is 0 Å². The molecule has 0 saturated heterocycles. The summed E-state index contributed by atoms with van der Waals surface area (Å²) in [6, 6.07) is 0. The molecule has 0 rings (SSSR count). The van der Waals surface area contributed by atoms with Crippen molar-refractivity contribution in [2.45, 2.75) is 64.7 Å². The van der Waals surface area contributed by atoms with Gasteiger partial charge >= 0.3 is 0 Å². The number of allylic oxidation sites excluding steroid dienone is 4.